The summed E-state index contributed by atoms with van der Waals surface area (Å²) in [7, 11) is -1.69. The standard InChI is InChI=1S/C6H14ClNOP/c1-5(2)8(6(3)4)10(7)9/h5-6H,1-4H3/q-1. The molecule has 0 spiro atoms. The first-order valence-electron chi connectivity index (χ1n) is 3.38. The molecule has 1 unspecified atom stereocenters. The van der Waals surface area contributed by atoms with Gasteiger partial charge in [0.05, 0.1) is 0 Å². The number of nitrogens with zero attached hydrogens (tertiary/aromatic N) is 1. The normalized spacial score (nSPS) is 15.3. The third-order valence-electron chi connectivity index (χ3n) is 1.24. The van der Waals surface area contributed by atoms with Gasteiger partial charge in [-0.1, -0.05) is 11.2 Å². The quantitative estimate of drug-likeness (QED) is 0.624. The van der Waals surface area contributed by atoms with E-state index in [4.69, 9.17) is 11.2 Å². The lowest BCUT2D eigenvalue weighted by atomic mass is 10.3. The molecule has 0 rings (SSSR count). The van der Waals surface area contributed by atoms with Crippen molar-refractivity contribution in [3.05, 3.63) is 0 Å². The number of halogens is 1. The van der Waals surface area contributed by atoms with Crippen molar-refractivity contribution in [3.8, 4) is 0 Å². The fourth-order valence-electron chi connectivity index (χ4n) is 0.959. The molecule has 0 fully saturated rings. The van der Waals surface area contributed by atoms with Crippen molar-refractivity contribution in [2.75, 3.05) is 0 Å². The van der Waals surface area contributed by atoms with Crippen LogP contribution in [0.1, 0.15) is 27.7 Å². The minimum absolute atomic E-state index is 0.251. The van der Waals surface area contributed by atoms with Gasteiger partial charge in [-0.15, -0.1) is 0 Å². The number of hydrogen-bond donors (Lipinski definition) is 0. The first kappa shape index (κ1) is 10.6. The van der Waals surface area contributed by atoms with Crippen LogP contribution in [0.5, 0.6) is 0 Å². The van der Waals surface area contributed by atoms with Crippen molar-refractivity contribution in [3.63, 3.8) is 0 Å². The van der Waals surface area contributed by atoms with E-state index < -0.39 is 7.65 Å². The summed E-state index contributed by atoms with van der Waals surface area (Å²) >= 11 is 5.47. The average Bonchev–Trinajstić information content (AvgIpc) is 1.59. The summed E-state index contributed by atoms with van der Waals surface area (Å²) in [5.74, 6) is 0. The van der Waals surface area contributed by atoms with E-state index in [1.54, 1.807) is 4.67 Å². The molecule has 0 N–H and O–H groups in total. The van der Waals surface area contributed by atoms with Crippen molar-refractivity contribution in [1.29, 1.82) is 0 Å². The molecular weight excluding hydrogens is 168 g/mol. The molecule has 0 aromatic carbocycles. The van der Waals surface area contributed by atoms with E-state index in [1.165, 1.54) is 0 Å². The van der Waals surface area contributed by atoms with Crippen LogP contribution in [0.25, 0.3) is 0 Å². The highest BCUT2D eigenvalue weighted by Gasteiger charge is 2.13. The molecule has 0 heterocycles. The Morgan fingerprint density at radius 1 is 1.20 bits per heavy atom. The average molecular weight is 183 g/mol. The van der Waals surface area contributed by atoms with Gasteiger partial charge < -0.3 is 4.89 Å². The van der Waals surface area contributed by atoms with Gasteiger partial charge in [-0.25, -0.2) is 0 Å². The van der Waals surface area contributed by atoms with Gasteiger partial charge in [-0.05, 0) is 35.3 Å². The highest BCUT2D eigenvalue weighted by molar-refractivity contribution is 7.76. The summed E-state index contributed by atoms with van der Waals surface area (Å²) < 4.78 is 1.77. The molecule has 0 bridgehead atoms. The van der Waals surface area contributed by atoms with Gasteiger partial charge in [-0.3, -0.25) is 4.67 Å². The molecular formula is C6H14ClNOP-. The van der Waals surface area contributed by atoms with Gasteiger partial charge >= 0.3 is 0 Å². The van der Waals surface area contributed by atoms with Gasteiger partial charge in [0.15, 0.2) is 0 Å². The number of hydrogen-bond acceptors (Lipinski definition) is 2. The third kappa shape index (κ3) is 3.16. The van der Waals surface area contributed by atoms with Crippen LogP contribution in [-0.2, 0) is 0 Å². The molecule has 0 radical (unpaired) electrons. The largest absolute Gasteiger partial charge is 0.806 e. The second-order valence-corrected chi connectivity index (χ2v) is 4.58. The zero-order chi connectivity index (χ0) is 8.31. The lowest BCUT2D eigenvalue weighted by molar-refractivity contribution is -0.167. The predicted molar refractivity (Wildman–Crippen MR) is 44.9 cm³/mol. The molecule has 62 valence electrons. The predicted octanol–water partition coefficient (Wildman–Crippen LogP) is 1.93. The minimum atomic E-state index is -1.69. The van der Waals surface area contributed by atoms with Gasteiger partial charge in [-0.2, -0.15) is 0 Å². The minimum Gasteiger partial charge on any atom is -0.806 e. The van der Waals surface area contributed by atoms with E-state index in [0.29, 0.717) is 0 Å². The second-order valence-electron chi connectivity index (χ2n) is 2.79. The van der Waals surface area contributed by atoms with Crippen molar-refractivity contribution >= 4 is 18.9 Å². The maximum absolute atomic E-state index is 10.9. The van der Waals surface area contributed by atoms with Crippen LogP contribution < -0.4 is 4.89 Å². The maximum atomic E-state index is 10.9. The van der Waals surface area contributed by atoms with E-state index in [-0.39, 0.29) is 12.1 Å². The summed E-state index contributed by atoms with van der Waals surface area (Å²) in [5.41, 5.74) is 0. The molecule has 0 aliphatic rings. The summed E-state index contributed by atoms with van der Waals surface area (Å²) in [5, 5.41) is 0. The van der Waals surface area contributed by atoms with Crippen LogP contribution in [0.15, 0.2) is 0 Å². The number of rotatable bonds is 3. The highest BCUT2D eigenvalue weighted by atomic mass is 35.7. The molecule has 0 saturated heterocycles. The van der Waals surface area contributed by atoms with Gasteiger partial charge in [0, 0.05) is 12.1 Å². The van der Waals surface area contributed by atoms with Crippen molar-refractivity contribution in [2.45, 2.75) is 39.8 Å². The lowest BCUT2D eigenvalue weighted by Crippen LogP contribution is -2.33. The monoisotopic (exact) mass is 182 g/mol. The van der Waals surface area contributed by atoms with Crippen molar-refractivity contribution < 1.29 is 4.89 Å². The maximum Gasteiger partial charge on any atom is 0.00801 e. The zero-order valence-electron chi connectivity index (χ0n) is 6.84. The summed E-state index contributed by atoms with van der Waals surface area (Å²) in [4.78, 5) is 10.9. The fourth-order valence-corrected chi connectivity index (χ4v) is 2.73. The smallest absolute Gasteiger partial charge is 0.00801 e. The Hall–Kier alpha value is 0.640. The molecule has 0 aliphatic heterocycles. The van der Waals surface area contributed by atoms with Crippen molar-refractivity contribution in [2.24, 2.45) is 0 Å². The Labute approximate surface area is 68.9 Å². The molecule has 1 atom stereocenters. The van der Waals surface area contributed by atoms with Gasteiger partial charge in [0.2, 0.25) is 0 Å². The Bertz CT molecular complexity index is 78.7. The van der Waals surface area contributed by atoms with E-state index in [9.17, 15) is 4.89 Å². The van der Waals surface area contributed by atoms with E-state index >= 15 is 0 Å². The lowest BCUT2D eigenvalue weighted by Gasteiger charge is -2.37. The Morgan fingerprint density at radius 3 is 1.50 bits per heavy atom. The summed E-state index contributed by atoms with van der Waals surface area (Å²) in [6.45, 7) is 7.93. The van der Waals surface area contributed by atoms with E-state index in [1.807, 2.05) is 27.7 Å². The molecule has 0 aliphatic carbocycles. The fraction of sp³-hybridized carbons (Fsp3) is 1.00. The Balaban J connectivity index is 3.98. The Morgan fingerprint density at radius 2 is 1.50 bits per heavy atom. The van der Waals surface area contributed by atoms with Crippen LogP contribution in [-0.4, -0.2) is 16.8 Å². The van der Waals surface area contributed by atoms with Crippen LogP contribution in [0.2, 0.25) is 0 Å². The second kappa shape index (κ2) is 4.50. The van der Waals surface area contributed by atoms with Crippen LogP contribution in [0.4, 0.5) is 0 Å². The molecule has 0 saturated carbocycles. The van der Waals surface area contributed by atoms with Crippen molar-refractivity contribution in [1.82, 2.24) is 4.67 Å². The van der Waals surface area contributed by atoms with Crippen LogP contribution >= 0.6 is 18.9 Å². The molecule has 0 aromatic rings. The zero-order valence-corrected chi connectivity index (χ0v) is 8.49. The molecule has 0 amide bonds. The topological polar surface area (TPSA) is 26.3 Å². The summed E-state index contributed by atoms with van der Waals surface area (Å²) in [6, 6.07) is 0.502. The third-order valence-corrected chi connectivity index (χ3v) is 3.05. The van der Waals surface area contributed by atoms with E-state index in [0.717, 1.165) is 0 Å². The first-order valence-corrected chi connectivity index (χ1v) is 5.49. The van der Waals surface area contributed by atoms with E-state index in [2.05, 4.69) is 0 Å². The van der Waals surface area contributed by atoms with Crippen LogP contribution in [0, 0.1) is 0 Å². The molecule has 0 aromatic heterocycles. The first-order chi connectivity index (χ1) is 4.46. The summed E-state index contributed by atoms with van der Waals surface area (Å²) in [6.07, 6.45) is 0. The Kier molecular flexibility index (Phi) is 4.79. The molecule has 10 heavy (non-hydrogen) atoms. The van der Waals surface area contributed by atoms with Gasteiger partial charge in [0.1, 0.15) is 0 Å². The van der Waals surface area contributed by atoms with Gasteiger partial charge in [0.25, 0.3) is 0 Å². The molecule has 2 nitrogen and oxygen atoms in total. The van der Waals surface area contributed by atoms with Crippen LogP contribution in [0.3, 0.4) is 0 Å². The highest BCUT2D eigenvalue weighted by Crippen LogP contribution is 2.39. The molecule has 4 heteroatoms. The SMILES string of the molecule is CC(C)N(C(C)C)P([O-])Cl.